The van der Waals surface area contributed by atoms with Crippen molar-refractivity contribution in [3.63, 3.8) is 0 Å². The lowest BCUT2D eigenvalue weighted by Gasteiger charge is -2.35. The van der Waals surface area contributed by atoms with Gasteiger partial charge in [0.25, 0.3) is 5.91 Å². The molecule has 1 rings (SSSR count). The first kappa shape index (κ1) is 16.6. The number of hydrogen-bond donors (Lipinski definition) is 1. The average molecular weight is 280 g/mol. The molecule has 1 N–H and O–H groups in total. The van der Waals surface area contributed by atoms with Crippen LogP contribution in [0.2, 0.25) is 0 Å². The fraction of sp³-hybridized carbons (Fsp3) is 0.562. The molecule has 0 saturated carbocycles. The van der Waals surface area contributed by atoms with E-state index in [0.717, 1.165) is 25.8 Å². The fourth-order valence-electron chi connectivity index (χ4n) is 1.90. The van der Waals surface area contributed by atoms with Crippen molar-refractivity contribution in [1.29, 1.82) is 0 Å². The number of unbranched alkanes of at least 4 members (excludes halogenated alkanes) is 2. The van der Waals surface area contributed by atoms with Crippen molar-refractivity contribution in [1.82, 2.24) is 10.4 Å². The Morgan fingerprint density at radius 1 is 1.30 bits per heavy atom. The minimum Gasteiger partial charge on any atom is -0.284 e. The summed E-state index contributed by atoms with van der Waals surface area (Å²) >= 11 is 0. The highest BCUT2D eigenvalue weighted by atomic mass is 19.1. The van der Waals surface area contributed by atoms with Crippen molar-refractivity contribution in [2.45, 2.75) is 52.5 Å². The second kappa shape index (κ2) is 7.39. The molecule has 0 heterocycles. The Morgan fingerprint density at radius 2 is 2.00 bits per heavy atom. The van der Waals surface area contributed by atoms with E-state index in [4.69, 9.17) is 0 Å². The first-order valence-electron chi connectivity index (χ1n) is 7.19. The molecule has 0 unspecified atom stereocenters. The fourth-order valence-corrected chi connectivity index (χ4v) is 1.90. The summed E-state index contributed by atoms with van der Waals surface area (Å²) in [6.45, 7) is 9.07. The SMILES string of the molecule is CCCCCN(NC(=O)c1cccc(F)c1)C(C)(C)C. The Labute approximate surface area is 121 Å². The van der Waals surface area contributed by atoms with Crippen LogP contribution in [0.3, 0.4) is 0 Å². The number of nitrogens with one attached hydrogen (secondary N) is 1. The predicted octanol–water partition coefficient (Wildman–Crippen LogP) is 3.76. The van der Waals surface area contributed by atoms with Gasteiger partial charge in [0.05, 0.1) is 0 Å². The molecule has 1 aromatic rings. The summed E-state index contributed by atoms with van der Waals surface area (Å²) in [5.41, 5.74) is 3.06. The molecule has 1 amide bonds. The second-order valence-corrected chi connectivity index (χ2v) is 5.98. The van der Waals surface area contributed by atoms with Crippen LogP contribution >= 0.6 is 0 Å². The van der Waals surface area contributed by atoms with Crippen molar-refractivity contribution in [3.05, 3.63) is 35.6 Å². The average Bonchev–Trinajstić information content (AvgIpc) is 2.36. The normalized spacial score (nSPS) is 11.7. The predicted molar refractivity (Wildman–Crippen MR) is 79.9 cm³/mol. The molecule has 0 atom stereocenters. The number of carbonyl (C=O) groups excluding carboxylic acids is 1. The molecule has 0 aliphatic rings. The van der Waals surface area contributed by atoms with Gasteiger partial charge in [-0.3, -0.25) is 10.2 Å². The van der Waals surface area contributed by atoms with Gasteiger partial charge in [-0.25, -0.2) is 9.40 Å². The zero-order chi connectivity index (χ0) is 15.2. The van der Waals surface area contributed by atoms with Gasteiger partial charge in [-0.1, -0.05) is 25.8 Å². The van der Waals surface area contributed by atoms with Crippen LogP contribution in [0, 0.1) is 5.82 Å². The van der Waals surface area contributed by atoms with Gasteiger partial charge >= 0.3 is 0 Å². The summed E-state index contributed by atoms with van der Waals surface area (Å²) in [4.78, 5) is 12.2. The van der Waals surface area contributed by atoms with E-state index < -0.39 is 5.82 Å². The number of carbonyl (C=O) groups is 1. The van der Waals surface area contributed by atoms with Crippen LogP contribution in [0.1, 0.15) is 57.3 Å². The number of amides is 1. The molecule has 20 heavy (non-hydrogen) atoms. The van der Waals surface area contributed by atoms with E-state index in [0.29, 0.717) is 5.56 Å². The third kappa shape index (κ3) is 5.29. The van der Waals surface area contributed by atoms with Gasteiger partial charge in [0.15, 0.2) is 0 Å². The lowest BCUT2D eigenvalue weighted by molar-refractivity contribution is 0.0498. The van der Waals surface area contributed by atoms with Crippen LogP contribution in [-0.2, 0) is 0 Å². The zero-order valence-corrected chi connectivity index (χ0v) is 12.9. The van der Waals surface area contributed by atoms with Crippen LogP contribution < -0.4 is 5.43 Å². The van der Waals surface area contributed by atoms with Crippen molar-refractivity contribution in [2.75, 3.05) is 6.54 Å². The Balaban J connectivity index is 2.71. The second-order valence-electron chi connectivity index (χ2n) is 5.98. The molecule has 1 aromatic carbocycles. The van der Waals surface area contributed by atoms with E-state index >= 15 is 0 Å². The van der Waals surface area contributed by atoms with Gasteiger partial charge in [-0.15, -0.1) is 0 Å². The van der Waals surface area contributed by atoms with Crippen molar-refractivity contribution < 1.29 is 9.18 Å². The molecule has 3 nitrogen and oxygen atoms in total. The van der Waals surface area contributed by atoms with Gasteiger partial charge in [0.2, 0.25) is 0 Å². The Bertz CT molecular complexity index is 440. The zero-order valence-electron chi connectivity index (χ0n) is 12.9. The number of halogens is 1. The molecular weight excluding hydrogens is 255 g/mol. The third-order valence-electron chi connectivity index (χ3n) is 3.12. The summed E-state index contributed by atoms with van der Waals surface area (Å²) in [5, 5.41) is 1.93. The van der Waals surface area contributed by atoms with Crippen LogP contribution in [-0.4, -0.2) is 23.0 Å². The summed E-state index contributed by atoms with van der Waals surface area (Å²) in [7, 11) is 0. The van der Waals surface area contributed by atoms with Crippen molar-refractivity contribution in [3.8, 4) is 0 Å². The first-order valence-corrected chi connectivity index (χ1v) is 7.19. The quantitative estimate of drug-likeness (QED) is 0.635. The molecule has 0 spiro atoms. The molecule has 0 aliphatic carbocycles. The maximum Gasteiger partial charge on any atom is 0.265 e. The highest BCUT2D eigenvalue weighted by molar-refractivity contribution is 5.93. The molecule has 0 aromatic heterocycles. The highest BCUT2D eigenvalue weighted by Crippen LogP contribution is 2.13. The van der Waals surface area contributed by atoms with Gasteiger partial charge < -0.3 is 0 Å². The Hall–Kier alpha value is -1.42. The van der Waals surface area contributed by atoms with Gasteiger partial charge in [0.1, 0.15) is 5.82 Å². The molecule has 4 heteroatoms. The first-order chi connectivity index (χ1) is 9.34. The monoisotopic (exact) mass is 280 g/mol. The maximum absolute atomic E-state index is 13.2. The van der Waals surface area contributed by atoms with Gasteiger partial charge in [-0.2, -0.15) is 0 Å². The van der Waals surface area contributed by atoms with Gasteiger partial charge in [-0.05, 0) is 45.4 Å². The lowest BCUT2D eigenvalue weighted by Crippen LogP contribution is -2.53. The van der Waals surface area contributed by atoms with Gasteiger partial charge in [0, 0.05) is 17.6 Å². The Kier molecular flexibility index (Phi) is 6.14. The van der Waals surface area contributed by atoms with E-state index in [1.54, 1.807) is 12.1 Å². The summed E-state index contributed by atoms with van der Waals surface area (Å²) < 4.78 is 13.2. The number of hydrogen-bond acceptors (Lipinski definition) is 2. The highest BCUT2D eigenvalue weighted by Gasteiger charge is 2.23. The molecule has 112 valence electrons. The number of benzene rings is 1. The maximum atomic E-state index is 13.2. The van der Waals surface area contributed by atoms with Crippen molar-refractivity contribution in [2.24, 2.45) is 0 Å². The van der Waals surface area contributed by atoms with Crippen LogP contribution in [0.15, 0.2) is 24.3 Å². The molecule has 0 radical (unpaired) electrons. The van der Waals surface area contributed by atoms with Crippen LogP contribution in [0.5, 0.6) is 0 Å². The van der Waals surface area contributed by atoms with E-state index in [-0.39, 0.29) is 11.4 Å². The molecule has 0 fully saturated rings. The third-order valence-corrected chi connectivity index (χ3v) is 3.12. The number of nitrogens with zero attached hydrogens (tertiary/aromatic N) is 1. The standard InChI is InChI=1S/C16H25FN2O/c1-5-6-7-11-19(16(2,3)4)18-15(20)13-9-8-10-14(17)12-13/h8-10,12H,5-7,11H2,1-4H3,(H,18,20). The van der Waals surface area contributed by atoms with Crippen LogP contribution in [0.4, 0.5) is 4.39 Å². The minimum absolute atomic E-state index is 0.170. The minimum atomic E-state index is -0.397. The molecule has 0 aliphatic heterocycles. The lowest BCUT2D eigenvalue weighted by atomic mass is 10.1. The largest absolute Gasteiger partial charge is 0.284 e. The van der Waals surface area contributed by atoms with E-state index in [1.165, 1.54) is 12.1 Å². The summed E-state index contributed by atoms with van der Waals surface area (Å²) in [6.07, 6.45) is 3.29. The van der Waals surface area contributed by atoms with E-state index in [1.807, 2.05) is 25.8 Å². The smallest absolute Gasteiger partial charge is 0.265 e. The Morgan fingerprint density at radius 3 is 2.55 bits per heavy atom. The molecule has 0 bridgehead atoms. The molecule has 0 saturated heterocycles. The summed E-state index contributed by atoms with van der Waals surface area (Å²) in [5.74, 6) is -0.665. The summed E-state index contributed by atoms with van der Waals surface area (Å²) in [6, 6.07) is 5.75. The van der Waals surface area contributed by atoms with Crippen LogP contribution in [0.25, 0.3) is 0 Å². The number of hydrazine groups is 1. The number of rotatable bonds is 6. The van der Waals surface area contributed by atoms with E-state index in [9.17, 15) is 9.18 Å². The molecular formula is C16H25FN2O. The van der Waals surface area contributed by atoms with Crippen molar-refractivity contribution >= 4 is 5.91 Å². The topological polar surface area (TPSA) is 32.3 Å². The van der Waals surface area contributed by atoms with E-state index in [2.05, 4.69) is 12.3 Å².